The second-order valence-electron chi connectivity index (χ2n) is 5.03. The molecule has 0 aromatic carbocycles. The number of nitrogens with two attached hydrogens (primary N) is 3. The molecule has 10 nitrogen and oxygen atoms in total. The van der Waals surface area contributed by atoms with Gasteiger partial charge in [0, 0.05) is 5.75 Å². The average Bonchev–Trinajstić information content (AvgIpc) is 2.49. The minimum atomic E-state index is -1.52. The number of carboxylic acids is 2. The Morgan fingerprint density at radius 2 is 1.58 bits per heavy atom. The summed E-state index contributed by atoms with van der Waals surface area (Å²) in [5.74, 6) is -3.83. The van der Waals surface area contributed by atoms with Crippen molar-refractivity contribution < 1.29 is 29.4 Å². The lowest BCUT2D eigenvalue weighted by Crippen LogP contribution is -2.53. The summed E-state index contributed by atoms with van der Waals surface area (Å²) in [5.41, 5.74) is 16.3. The second kappa shape index (κ2) is 10.5. The van der Waals surface area contributed by atoms with Crippen molar-refractivity contribution in [2.45, 2.75) is 43.3 Å². The summed E-state index contributed by atoms with van der Waals surface area (Å²) in [7, 11) is 1.73. The van der Waals surface area contributed by atoms with Gasteiger partial charge in [-0.15, -0.1) is 0 Å². The molecule has 1 unspecified atom stereocenters. The highest BCUT2D eigenvalue weighted by molar-refractivity contribution is 8.77. The lowest BCUT2D eigenvalue weighted by molar-refractivity contribution is -0.140. The zero-order valence-electron chi connectivity index (χ0n) is 13.2. The summed E-state index contributed by atoms with van der Waals surface area (Å²) in [5, 5.41) is 18.9. The Balaban J connectivity index is 4.93. The number of carbonyl (C=O) groups is 4. The Hall–Kier alpha value is -1.34. The molecule has 0 heterocycles. The third kappa shape index (κ3) is 7.49. The van der Waals surface area contributed by atoms with Crippen LogP contribution in [-0.4, -0.2) is 69.0 Å². The van der Waals surface area contributed by atoms with E-state index < -0.39 is 53.0 Å². The van der Waals surface area contributed by atoms with Crippen LogP contribution in [0.25, 0.3) is 0 Å². The molecule has 0 rings (SSSR count). The van der Waals surface area contributed by atoms with Crippen LogP contribution in [-0.2, 0) is 19.2 Å². The van der Waals surface area contributed by atoms with Crippen LogP contribution >= 0.6 is 21.6 Å². The highest BCUT2D eigenvalue weighted by Crippen LogP contribution is 2.30. The Bertz CT molecular complexity index is 490. The molecular formula is C12H22N4O6S2. The molecule has 0 bridgehead atoms. The van der Waals surface area contributed by atoms with E-state index >= 15 is 0 Å². The maximum atomic E-state index is 12.4. The van der Waals surface area contributed by atoms with Crippen molar-refractivity contribution in [2.24, 2.45) is 17.2 Å². The van der Waals surface area contributed by atoms with E-state index in [1.165, 1.54) is 13.8 Å². The van der Waals surface area contributed by atoms with Crippen LogP contribution in [0.4, 0.5) is 0 Å². The Morgan fingerprint density at radius 3 is 2.00 bits per heavy atom. The van der Waals surface area contributed by atoms with Crippen molar-refractivity contribution in [2.75, 3.05) is 5.75 Å². The molecular weight excluding hydrogens is 360 g/mol. The number of nitrogens with one attached hydrogen (secondary N) is 1. The third-order valence-corrected chi connectivity index (χ3v) is 5.63. The Morgan fingerprint density at radius 1 is 1.04 bits per heavy atom. The number of Topliss-reactive ketones (excluding diaryl/α,β-unsaturated/α-hetero) is 1. The first-order valence-electron chi connectivity index (χ1n) is 6.83. The van der Waals surface area contributed by atoms with Crippen molar-refractivity contribution in [3.8, 4) is 0 Å². The molecule has 0 radical (unpaired) electrons. The van der Waals surface area contributed by atoms with Crippen LogP contribution < -0.4 is 22.5 Å². The molecule has 0 aromatic rings. The van der Waals surface area contributed by atoms with Gasteiger partial charge in [0.1, 0.15) is 17.3 Å². The zero-order chi connectivity index (χ0) is 19.0. The molecule has 0 aromatic heterocycles. The van der Waals surface area contributed by atoms with Crippen LogP contribution in [0.3, 0.4) is 0 Å². The minimum Gasteiger partial charge on any atom is -0.480 e. The fourth-order valence-corrected chi connectivity index (χ4v) is 4.14. The molecule has 9 N–H and O–H groups in total. The number of hydrogen-bond donors (Lipinski definition) is 6. The fraction of sp³-hybridized carbons (Fsp3) is 0.667. The molecule has 5 atom stereocenters. The van der Waals surface area contributed by atoms with Crippen molar-refractivity contribution in [3.05, 3.63) is 0 Å². The van der Waals surface area contributed by atoms with Gasteiger partial charge in [-0.25, -0.2) is 0 Å². The predicted molar refractivity (Wildman–Crippen MR) is 91.3 cm³/mol. The van der Waals surface area contributed by atoms with Gasteiger partial charge in [-0.1, -0.05) is 21.6 Å². The van der Waals surface area contributed by atoms with Gasteiger partial charge in [0.05, 0.1) is 12.1 Å². The molecule has 0 spiro atoms. The van der Waals surface area contributed by atoms with Crippen LogP contribution in [0.1, 0.15) is 13.8 Å². The van der Waals surface area contributed by atoms with E-state index in [9.17, 15) is 19.2 Å². The monoisotopic (exact) mass is 382 g/mol. The van der Waals surface area contributed by atoms with E-state index in [1.54, 1.807) is 0 Å². The first kappa shape index (κ1) is 22.7. The molecule has 0 aliphatic heterocycles. The van der Waals surface area contributed by atoms with Crippen molar-refractivity contribution >= 4 is 45.2 Å². The summed E-state index contributed by atoms with van der Waals surface area (Å²) < 4.78 is 0. The number of ketones is 1. The standard InChI is InChI=1S/C12H22N4O6S2/c1-4(13)10(18)16-5(2)8(17)9(7(15)12(21)22)24-23-3-6(14)11(19)20/h4-7,9H,3,13-15H2,1-2H3,(H,16,18)(H,19,20)(H,21,22)/t4-,5-,6-,7-,9?/m0/s1. The summed E-state index contributed by atoms with van der Waals surface area (Å²) in [6.45, 7) is 2.82. The van der Waals surface area contributed by atoms with Gasteiger partial charge in [-0.05, 0) is 13.8 Å². The van der Waals surface area contributed by atoms with Gasteiger partial charge >= 0.3 is 11.9 Å². The lowest BCUT2D eigenvalue weighted by atomic mass is 10.1. The van der Waals surface area contributed by atoms with Gasteiger partial charge < -0.3 is 32.7 Å². The SMILES string of the molecule is C[C@H](N)C(=O)N[C@@H](C)C(=O)C(SSC[C@H](N)C(=O)O)[C@H](N)C(=O)O. The number of rotatable bonds is 11. The molecule has 0 aliphatic carbocycles. The first-order valence-corrected chi connectivity index (χ1v) is 9.22. The van der Waals surface area contributed by atoms with Crippen LogP contribution in [0.2, 0.25) is 0 Å². The molecule has 0 saturated carbocycles. The largest absolute Gasteiger partial charge is 0.480 e. The third-order valence-electron chi connectivity index (χ3n) is 2.83. The number of amides is 1. The Labute approximate surface area is 146 Å². The Kier molecular flexibility index (Phi) is 9.92. The molecule has 12 heteroatoms. The highest BCUT2D eigenvalue weighted by atomic mass is 33.1. The van der Waals surface area contributed by atoms with Gasteiger partial charge in [0.25, 0.3) is 0 Å². The van der Waals surface area contributed by atoms with Crippen molar-refractivity contribution in [1.82, 2.24) is 5.32 Å². The van der Waals surface area contributed by atoms with E-state index in [-0.39, 0.29) is 5.75 Å². The van der Waals surface area contributed by atoms with Gasteiger partial charge in [-0.3, -0.25) is 19.2 Å². The van der Waals surface area contributed by atoms with Gasteiger partial charge in [0.15, 0.2) is 5.78 Å². The highest BCUT2D eigenvalue weighted by Gasteiger charge is 2.35. The molecule has 0 aliphatic rings. The first-order chi connectivity index (χ1) is 11.0. The van der Waals surface area contributed by atoms with E-state index in [0.717, 1.165) is 21.6 Å². The molecule has 1 amide bonds. The molecule has 24 heavy (non-hydrogen) atoms. The number of carbonyl (C=O) groups excluding carboxylic acids is 2. The van der Waals surface area contributed by atoms with E-state index in [0.29, 0.717) is 0 Å². The topological polar surface area (TPSA) is 199 Å². The van der Waals surface area contributed by atoms with Crippen LogP contribution in [0.5, 0.6) is 0 Å². The van der Waals surface area contributed by atoms with E-state index in [2.05, 4.69) is 5.32 Å². The summed E-state index contributed by atoms with van der Waals surface area (Å²) in [6, 6.07) is -4.51. The summed E-state index contributed by atoms with van der Waals surface area (Å²) in [4.78, 5) is 45.6. The zero-order valence-corrected chi connectivity index (χ0v) is 14.8. The quantitative estimate of drug-likeness (QED) is 0.215. The average molecular weight is 382 g/mol. The number of hydrogen-bond acceptors (Lipinski definition) is 9. The lowest BCUT2D eigenvalue weighted by Gasteiger charge is -2.23. The summed E-state index contributed by atoms with van der Waals surface area (Å²) in [6.07, 6.45) is 0. The van der Waals surface area contributed by atoms with Crippen LogP contribution in [0.15, 0.2) is 0 Å². The maximum absolute atomic E-state index is 12.4. The summed E-state index contributed by atoms with van der Waals surface area (Å²) >= 11 is 0. The maximum Gasteiger partial charge on any atom is 0.322 e. The van der Waals surface area contributed by atoms with Crippen molar-refractivity contribution in [3.63, 3.8) is 0 Å². The second-order valence-corrected chi connectivity index (χ2v) is 7.59. The van der Waals surface area contributed by atoms with E-state index in [4.69, 9.17) is 27.4 Å². The number of aliphatic carboxylic acids is 2. The van der Waals surface area contributed by atoms with Gasteiger partial charge in [-0.2, -0.15) is 0 Å². The van der Waals surface area contributed by atoms with Crippen LogP contribution in [0, 0.1) is 0 Å². The van der Waals surface area contributed by atoms with Gasteiger partial charge in [0.2, 0.25) is 5.91 Å². The number of carboxylic acid groups (broad SMARTS) is 2. The predicted octanol–water partition coefficient (Wildman–Crippen LogP) is -2.02. The molecule has 0 fully saturated rings. The fourth-order valence-electron chi connectivity index (χ4n) is 1.33. The molecule has 138 valence electrons. The van der Waals surface area contributed by atoms with Crippen molar-refractivity contribution in [1.29, 1.82) is 0 Å². The normalized spacial score (nSPS) is 17.2. The smallest absolute Gasteiger partial charge is 0.322 e. The molecule has 0 saturated heterocycles. The minimum absolute atomic E-state index is 0.0449. The van der Waals surface area contributed by atoms with E-state index in [1.807, 2.05) is 0 Å².